The van der Waals surface area contributed by atoms with Gasteiger partial charge in [-0.2, -0.15) is 0 Å². The SMILES string of the molecule is COc1ccccc1CC(C)CC(=O)NC1CCC(O)CC1. The van der Waals surface area contributed by atoms with E-state index in [1.807, 2.05) is 18.2 Å². The number of amides is 1. The van der Waals surface area contributed by atoms with Crippen molar-refractivity contribution >= 4 is 5.91 Å². The van der Waals surface area contributed by atoms with Crippen molar-refractivity contribution in [1.29, 1.82) is 0 Å². The summed E-state index contributed by atoms with van der Waals surface area (Å²) < 4.78 is 5.36. The number of aliphatic hydroxyl groups is 1. The van der Waals surface area contributed by atoms with Crippen molar-refractivity contribution < 1.29 is 14.6 Å². The van der Waals surface area contributed by atoms with Gasteiger partial charge in [0, 0.05) is 12.5 Å². The number of ether oxygens (including phenoxy) is 1. The van der Waals surface area contributed by atoms with Crippen LogP contribution in [0, 0.1) is 5.92 Å². The normalized spacial score (nSPS) is 22.9. The van der Waals surface area contributed by atoms with E-state index in [0.29, 0.717) is 6.42 Å². The minimum Gasteiger partial charge on any atom is -0.496 e. The maximum Gasteiger partial charge on any atom is 0.220 e. The summed E-state index contributed by atoms with van der Waals surface area (Å²) in [6, 6.07) is 8.19. The predicted octanol–water partition coefficient (Wildman–Crippen LogP) is 2.68. The number of nitrogens with one attached hydrogen (secondary N) is 1. The lowest BCUT2D eigenvalue weighted by molar-refractivity contribution is -0.123. The smallest absolute Gasteiger partial charge is 0.220 e. The summed E-state index contributed by atoms with van der Waals surface area (Å²) >= 11 is 0. The third kappa shape index (κ3) is 5.02. The van der Waals surface area contributed by atoms with Gasteiger partial charge in [-0.3, -0.25) is 4.79 Å². The Kier molecular flexibility index (Phi) is 6.25. The zero-order chi connectivity index (χ0) is 15.9. The molecule has 1 aromatic carbocycles. The number of aliphatic hydroxyl groups excluding tert-OH is 1. The van der Waals surface area contributed by atoms with Gasteiger partial charge >= 0.3 is 0 Å². The lowest BCUT2D eigenvalue weighted by atomic mass is 9.92. The van der Waals surface area contributed by atoms with Gasteiger partial charge in [-0.25, -0.2) is 0 Å². The maximum atomic E-state index is 12.1. The molecular formula is C18H27NO3. The first-order valence-electron chi connectivity index (χ1n) is 8.17. The Morgan fingerprint density at radius 1 is 1.32 bits per heavy atom. The van der Waals surface area contributed by atoms with Crippen LogP contribution in [0.2, 0.25) is 0 Å². The number of carbonyl (C=O) groups excluding carboxylic acids is 1. The van der Waals surface area contributed by atoms with Gasteiger partial charge in [0.25, 0.3) is 0 Å². The van der Waals surface area contributed by atoms with Crippen LogP contribution in [0.1, 0.15) is 44.6 Å². The minimum atomic E-state index is -0.183. The zero-order valence-electron chi connectivity index (χ0n) is 13.5. The van der Waals surface area contributed by atoms with Gasteiger partial charge in [0.2, 0.25) is 5.91 Å². The largest absolute Gasteiger partial charge is 0.496 e. The third-order valence-corrected chi connectivity index (χ3v) is 4.36. The lowest BCUT2D eigenvalue weighted by Gasteiger charge is -2.26. The zero-order valence-corrected chi connectivity index (χ0v) is 13.5. The van der Waals surface area contributed by atoms with Crippen molar-refractivity contribution in [3.8, 4) is 5.75 Å². The fraction of sp³-hybridized carbons (Fsp3) is 0.611. The second-order valence-electron chi connectivity index (χ2n) is 6.40. The molecule has 4 heteroatoms. The molecule has 1 amide bonds. The van der Waals surface area contributed by atoms with Crippen LogP contribution in [0.25, 0.3) is 0 Å². The maximum absolute atomic E-state index is 12.1. The van der Waals surface area contributed by atoms with Crippen LogP contribution < -0.4 is 10.1 Å². The van der Waals surface area contributed by atoms with Crippen LogP contribution in [0.5, 0.6) is 5.75 Å². The molecule has 22 heavy (non-hydrogen) atoms. The Morgan fingerprint density at radius 2 is 2.00 bits per heavy atom. The summed E-state index contributed by atoms with van der Waals surface area (Å²) in [5.41, 5.74) is 1.14. The fourth-order valence-electron chi connectivity index (χ4n) is 3.14. The first-order valence-corrected chi connectivity index (χ1v) is 8.17. The molecule has 1 fully saturated rings. The van der Waals surface area contributed by atoms with E-state index in [0.717, 1.165) is 43.4 Å². The molecular weight excluding hydrogens is 278 g/mol. The van der Waals surface area contributed by atoms with Crippen LogP contribution in [-0.4, -0.2) is 30.3 Å². The Morgan fingerprint density at radius 3 is 2.68 bits per heavy atom. The minimum absolute atomic E-state index is 0.115. The number of benzene rings is 1. The standard InChI is InChI=1S/C18H27NO3/c1-13(11-14-5-3-4-6-17(14)22-2)12-18(21)19-15-7-9-16(20)10-8-15/h3-6,13,15-16,20H,7-12H2,1-2H3,(H,19,21). The highest BCUT2D eigenvalue weighted by Crippen LogP contribution is 2.23. The molecule has 0 heterocycles. The lowest BCUT2D eigenvalue weighted by Crippen LogP contribution is -2.39. The van der Waals surface area contributed by atoms with Crippen molar-refractivity contribution in [1.82, 2.24) is 5.32 Å². The molecule has 1 aliphatic rings. The van der Waals surface area contributed by atoms with Crippen LogP contribution in [0.3, 0.4) is 0 Å². The molecule has 1 atom stereocenters. The first-order chi connectivity index (χ1) is 10.6. The Labute approximate surface area is 132 Å². The van der Waals surface area contributed by atoms with Crippen LogP contribution >= 0.6 is 0 Å². The van der Waals surface area contributed by atoms with E-state index in [2.05, 4.69) is 18.3 Å². The van der Waals surface area contributed by atoms with E-state index in [1.54, 1.807) is 7.11 Å². The van der Waals surface area contributed by atoms with Crippen molar-refractivity contribution in [2.75, 3.05) is 7.11 Å². The number of carbonyl (C=O) groups is 1. The topological polar surface area (TPSA) is 58.6 Å². The van der Waals surface area contributed by atoms with Gasteiger partial charge in [-0.1, -0.05) is 25.1 Å². The fourth-order valence-corrected chi connectivity index (χ4v) is 3.14. The second-order valence-corrected chi connectivity index (χ2v) is 6.40. The van der Waals surface area contributed by atoms with Crippen molar-refractivity contribution in [3.05, 3.63) is 29.8 Å². The van der Waals surface area contributed by atoms with Gasteiger partial charge in [0.15, 0.2) is 0 Å². The van der Waals surface area contributed by atoms with Crippen LogP contribution in [0.15, 0.2) is 24.3 Å². The summed E-state index contributed by atoms with van der Waals surface area (Å²) in [5.74, 6) is 1.27. The molecule has 0 radical (unpaired) electrons. The summed E-state index contributed by atoms with van der Waals surface area (Å²) in [5, 5.41) is 12.6. The molecule has 0 saturated heterocycles. The highest BCUT2D eigenvalue weighted by Gasteiger charge is 2.21. The summed E-state index contributed by atoms with van der Waals surface area (Å²) in [6.45, 7) is 2.09. The first kappa shape index (κ1) is 16.8. The van der Waals surface area contributed by atoms with E-state index in [4.69, 9.17) is 4.74 Å². The molecule has 0 spiro atoms. The number of methoxy groups -OCH3 is 1. The van der Waals surface area contributed by atoms with E-state index in [-0.39, 0.29) is 24.0 Å². The highest BCUT2D eigenvalue weighted by atomic mass is 16.5. The molecule has 122 valence electrons. The van der Waals surface area contributed by atoms with Gasteiger partial charge in [0.1, 0.15) is 5.75 Å². The van der Waals surface area contributed by atoms with E-state index in [1.165, 1.54) is 0 Å². The Bertz CT molecular complexity index is 481. The van der Waals surface area contributed by atoms with Gasteiger partial charge in [0.05, 0.1) is 13.2 Å². The van der Waals surface area contributed by atoms with E-state index >= 15 is 0 Å². The van der Waals surface area contributed by atoms with Crippen molar-refractivity contribution in [3.63, 3.8) is 0 Å². The Balaban J connectivity index is 1.78. The number of para-hydroxylation sites is 1. The molecule has 1 unspecified atom stereocenters. The summed E-state index contributed by atoms with van der Waals surface area (Å²) in [7, 11) is 1.67. The molecule has 4 nitrogen and oxygen atoms in total. The molecule has 1 aromatic rings. The molecule has 2 N–H and O–H groups in total. The average molecular weight is 305 g/mol. The molecule has 1 aliphatic carbocycles. The molecule has 0 aliphatic heterocycles. The Hall–Kier alpha value is -1.55. The van der Waals surface area contributed by atoms with Gasteiger partial charge < -0.3 is 15.2 Å². The van der Waals surface area contributed by atoms with E-state index in [9.17, 15) is 9.90 Å². The predicted molar refractivity (Wildman–Crippen MR) is 86.9 cm³/mol. The molecule has 0 bridgehead atoms. The summed E-state index contributed by atoms with van der Waals surface area (Å²) in [6.07, 6.45) is 4.53. The third-order valence-electron chi connectivity index (χ3n) is 4.36. The molecule has 2 rings (SSSR count). The monoisotopic (exact) mass is 305 g/mol. The molecule has 1 saturated carbocycles. The number of hydrogen-bond donors (Lipinski definition) is 2. The van der Waals surface area contributed by atoms with Crippen molar-refractivity contribution in [2.45, 2.75) is 57.6 Å². The molecule has 0 aromatic heterocycles. The van der Waals surface area contributed by atoms with Crippen LogP contribution in [-0.2, 0) is 11.2 Å². The number of rotatable bonds is 6. The second kappa shape index (κ2) is 8.18. The van der Waals surface area contributed by atoms with Gasteiger partial charge in [-0.05, 0) is 49.7 Å². The highest BCUT2D eigenvalue weighted by molar-refractivity contribution is 5.76. The summed E-state index contributed by atoms with van der Waals surface area (Å²) in [4.78, 5) is 12.1. The van der Waals surface area contributed by atoms with Gasteiger partial charge in [-0.15, -0.1) is 0 Å². The average Bonchev–Trinajstić information content (AvgIpc) is 2.50. The van der Waals surface area contributed by atoms with E-state index < -0.39 is 0 Å². The van der Waals surface area contributed by atoms with Crippen LogP contribution in [0.4, 0.5) is 0 Å². The number of hydrogen-bond acceptors (Lipinski definition) is 3. The van der Waals surface area contributed by atoms with Crippen molar-refractivity contribution in [2.24, 2.45) is 5.92 Å². The quantitative estimate of drug-likeness (QED) is 0.849.